The molecule has 4 unspecified atom stereocenters. The molecule has 2 aliphatic heterocycles. The lowest BCUT2D eigenvalue weighted by molar-refractivity contribution is -0.161. The summed E-state index contributed by atoms with van der Waals surface area (Å²) in [5, 5.41) is 23.5. The van der Waals surface area contributed by atoms with E-state index in [2.05, 4.69) is 36.1 Å². The van der Waals surface area contributed by atoms with Crippen LogP contribution in [-0.4, -0.2) is 94.3 Å². The van der Waals surface area contributed by atoms with Crippen LogP contribution >= 0.6 is 23.5 Å². The smallest absolute Gasteiger partial charge is 0.260 e. The average Bonchev–Trinajstić information content (AvgIpc) is 3.40. The van der Waals surface area contributed by atoms with Crippen molar-refractivity contribution in [2.24, 2.45) is 12.5 Å². The summed E-state index contributed by atoms with van der Waals surface area (Å²) < 4.78 is 33.1. The van der Waals surface area contributed by atoms with Crippen LogP contribution in [0.25, 0.3) is 0 Å². The van der Waals surface area contributed by atoms with Gasteiger partial charge in [0.25, 0.3) is 5.91 Å². The van der Waals surface area contributed by atoms with Crippen LogP contribution in [0, 0.1) is 5.41 Å². The second kappa shape index (κ2) is 8.69. The van der Waals surface area contributed by atoms with E-state index in [0.29, 0.717) is 5.16 Å². The molecule has 34 heavy (non-hydrogen) atoms. The molecule has 0 saturated carbocycles. The number of H-pyrrole nitrogens is 1. The van der Waals surface area contributed by atoms with Gasteiger partial charge in [-0.25, -0.2) is 18.2 Å². The number of hydrogen-bond acceptors (Lipinski definition) is 13. The van der Waals surface area contributed by atoms with Gasteiger partial charge in [-0.05, 0) is 33.4 Å². The van der Waals surface area contributed by atoms with E-state index in [4.69, 9.17) is 4.74 Å². The zero-order valence-corrected chi connectivity index (χ0v) is 21.6. The predicted molar refractivity (Wildman–Crippen MR) is 120 cm³/mol. The standard InChI is InChI=1S/C17H23N9O5S3/c1-7(32-15-18-21-22-19-15)8-9(11(27)17(2,3)4)26-12(28)10(31-6)13(26)34(29,30)14(8)33-16-20-23-24-25(16)5/h7,10,13-14H,1-6H3,(H,18,19,21,22). The van der Waals surface area contributed by atoms with Crippen LogP contribution in [0.2, 0.25) is 0 Å². The number of nitrogens with zero attached hydrogens (tertiary/aromatic N) is 8. The fourth-order valence-electron chi connectivity index (χ4n) is 3.72. The number of allylic oxidation sites excluding steroid dienone is 1. The molecule has 17 heteroatoms. The second-order valence-corrected chi connectivity index (χ2v) is 13.6. The molecule has 0 bridgehead atoms. The van der Waals surface area contributed by atoms with Crippen LogP contribution < -0.4 is 0 Å². The van der Waals surface area contributed by atoms with Gasteiger partial charge >= 0.3 is 0 Å². The molecule has 0 radical (unpaired) electrons. The molecule has 14 nitrogen and oxygen atoms in total. The van der Waals surface area contributed by atoms with Gasteiger partial charge in [0.1, 0.15) is 4.58 Å². The molecule has 1 N–H and O–H groups in total. The molecular formula is C17H23N9O5S3. The zero-order valence-electron chi connectivity index (χ0n) is 19.2. The molecule has 0 aromatic carbocycles. The normalized spacial score (nSPS) is 25.2. The number of rotatable bonds is 7. The van der Waals surface area contributed by atoms with Crippen molar-refractivity contribution in [2.45, 2.75) is 59.3 Å². The zero-order chi connectivity index (χ0) is 25.0. The van der Waals surface area contributed by atoms with E-state index in [1.807, 2.05) is 0 Å². The number of methoxy groups -OCH3 is 1. The van der Waals surface area contributed by atoms with Gasteiger partial charge in [-0.2, -0.15) is 0 Å². The van der Waals surface area contributed by atoms with Gasteiger partial charge < -0.3 is 4.74 Å². The monoisotopic (exact) mass is 529 g/mol. The third-order valence-corrected chi connectivity index (χ3v) is 10.5. The number of ketones is 1. The van der Waals surface area contributed by atoms with E-state index in [1.54, 1.807) is 34.7 Å². The van der Waals surface area contributed by atoms with Crippen molar-refractivity contribution >= 4 is 45.1 Å². The summed E-state index contributed by atoms with van der Waals surface area (Å²) in [7, 11) is -1.24. The molecule has 4 atom stereocenters. The van der Waals surface area contributed by atoms with Crippen LogP contribution in [0.5, 0.6) is 0 Å². The Balaban J connectivity index is 1.95. The molecule has 1 amide bonds. The number of aromatic amines is 1. The summed E-state index contributed by atoms with van der Waals surface area (Å²) in [6.45, 7) is 6.87. The first-order chi connectivity index (χ1) is 15.9. The van der Waals surface area contributed by atoms with E-state index in [-0.39, 0.29) is 22.2 Å². The van der Waals surface area contributed by atoms with Crippen molar-refractivity contribution < 1.29 is 22.7 Å². The number of β-lactam (4-membered cyclic amide) rings is 1. The molecule has 1 saturated heterocycles. The number of carbonyl (C=O) groups excluding carboxylic acids is 2. The summed E-state index contributed by atoms with van der Waals surface area (Å²) in [4.78, 5) is 27.7. The van der Waals surface area contributed by atoms with E-state index < -0.39 is 42.5 Å². The number of hydrogen-bond donors (Lipinski definition) is 1. The summed E-state index contributed by atoms with van der Waals surface area (Å²) in [5.74, 6) is -0.946. The first-order valence-electron chi connectivity index (χ1n) is 10.1. The van der Waals surface area contributed by atoms with Gasteiger partial charge in [0.2, 0.25) is 10.3 Å². The Labute approximate surface area is 203 Å². The number of amides is 1. The number of sulfone groups is 1. The number of aryl methyl sites for hydroxylation is 1. The number of thioether (sulfide) groups is 2. The fourth-order valence-corrected chi connectivity index (χ4v) is 8.82. The minimum absolute atomic E-state index is 0.0470. The Hall–Kier alpha value is -2.37. The van der Waals surface area contributed by atoms with Crippen LogP contribution in [0.1, 0.15) is 27.7 Å². The van der Waals surface area contributed by atoms with Gasteiger partial charge in [-0.3, -0.25) is 14.5 Å². The molecule has 0 aliphatic carbocycles. The van der Waals surface area contributed by atoms with Gasteiger partial charge in [-0.1, -0.05) is 44.3 Å². The quantitative estimate of drug-likeness (QED) is 0.368. The average molecular weight is 530 g/mol. The van der Waals surface area contributed by atoms with Crippen molar-refractivity contribution in [2.75, 3.05) is 7.11 Å². The number of ether oxygens (including phenoxy) is 1. The topological polar surface area (TPSA) is 179 Å². The van der Waals surface area contributed by atoms with E-state index >= 15 is 0 Å². The third kappa shape index (κ3) is 3.93. The van der Waals surface area contributed by atoms with Crippen molar-refractivity contribution in [1.29, 1.82) is 0 Å². The number of aromatic nitrogens is 8. The predicted octanol–water partition coefficient (Wildman–Crippen LogP) is -0.197. The van der Waals surface area contributed by atoms with Crippen LogP contribution in [0.15, 0.2) is 21.6 Å². The fraction of sp³-hybridized carbons (Fsp3) is 0.647. The highest BCUT2D eigenvalue weighted by atomic mass is 32.3. The minimum Gasteiger partial charge on any atom is -0.368 e. The van der Waals surface area contributed by atoms with Crippen LogP contribution in [-0.2, 0) is 31.2 Å². The van der Waals surface area contributed by atoms with Gasteiger partial charge in [0, 0.05) is 24.8 Å². The Morgan fingerprint density at radius 3 is 2.47 bits per heavy atom. The highest BCUT2D eigenvalue weighted by molar-refractivity contribution is 8.14. The van der Waals surface area contributed by atoms with Gasteiger partial charge in [-0.15, -0.1) is 10.2 Å². The molecule has 2 aromatic rings. The highest BCUT2D eigenvalue weighted by Gasteiger charge is 2.64. The maximum atomic E-state index is 13.9. The number of carbonyl (C=O) groups is 2. The third-order valence-electron chi connectivity index (χ3n) is 5.39. The van der Waals surface area contributed by atoms with Crippen molar-refractivity contribution in [1.82, 2.24) is 45.7 Å². The van der Waals surface area contributed by atoms with Crippen LogP contribution in [0.3, 0.4) is 0 Å². The molecule has 2 aromatic heterocycles. The molecule has 184 valence electrons. The molecule has 1 fully saturated rings. The SMILES string of the molecule is COC1C(=O)N2C(C(=O)C(C)(C)C)=C(C(C)Sc3nnn[nH]3)C(Sc3nnnn3C)S(=O)(=O)C12. The Kier molecular flexibility index (Phi) is 6.32. The molecule has 2 aliphatic rings. The second-order valence-electron chi connectivity index (χ2n) is 8.73. The summed E-state index contributed by atoms with van der Waals surface area (Å²) in [6, 6.07) is 0. The molecule has 4 rings (SSSR count). The minimum atomic E-state index is -4.09. The lowest BCUT2D eigenvalue weighted by atomic mass is 9.85. The lowest BCUT2D eigenvalue weighted by Gasteiger charge is -2.52. The number of fused-ring (bicyclic) bond motifs is 1. The van der Waals surface area contributed by atoms with E-state index in [9.17, 15) is 18.0 Å². The lowest BCUT2D eigenvalue weighted by Crippen LogP contribution is -2.72. The first kappa shape index (κ1) is 24.7. The highest BCUT2D eigenvalue weighted by Crippen LogP contribution is 2.50. The van der Waals surface area contributed by atoms with E-state index in [0.717, 1.165) is 28.4 Å². The number of nitrogens with one attached hydrogen (secondary N) is 1. The van der Waals surface area contributed by atoms with Crippen molar-refractivity contribution in [3.8, 4) is 0 Å². The Bertz CT molecular complexity index is 1250. The van der Waals surface area contributed by atoms with E-state index in [1.165, 1.54) is 11.8 Å². The molecular weight excluding hydrogens is 506 g/mol. The molecule has 0 spiro atoms. The number of Topliss-reactive ketones (excluding diaryl/α,β-unsaturated/α-hetero) is 1. The van der Waals surface area contributed by atoms with Crippen molar-refractivity contribution in [3.05, 3.63) is 11.3 Å². The van der Waals surface area contributed by atoms with Crippen LogP contribution in [0.4, 0.5) is 0 Å². The maximum Gasteiger partial charge on any atom is 0.260 e. The first-order valence-corrected chi connectivity index (χ1v) is 13.4. The largest absolute Gasteiger partial charge is 0.368 e. The Morgan fingerprint density at radius 2 is 1.94 bits per heavy atom. The summed E-state index contributed by atoms with van der Waals surface area (Å²) in [5.41, 5.74) is -0.607. The summed E-state index contributed by atoms with van der Waals surface area (Å²) >= 11 is 2.04. The van der Waals surface area contributed by atoms with Gasteiger partial charge in [0.05, 0.1) is 5.70 Å². The Morgan fingerprint density at radius 1 is 1.24 bits per heavy atom. The summed E-state index contributed by atoms with van der Waals surface area (Å²) in [6.07, 6.45) is -1.21. The molecule has 4 heterocycles. The van der Waals surface area contributed by atoms with Crippen molar-refractivity contribution in [3.63, 3.8) is 0 Å². The maximum absolute atomic E-state index is 13.9. The number of tetrazole rings is 2. The van der Waals surface area contributed by atoms with Gasteiger partial charge in [0.15, 0.2) is 27.1 Å².